The lowest BCUT2D eigenvalue weighted by molar-refractivity contribution is -0.140. The van der Waals surface area contributed by atoms with Crippen molar-refractivity contribution in [2.45, 2.75) is 25.2 Å². The molecule has 0 amide bonds. The van der Waals surface area contributed by atoms with Crippen molar-refractivity contribution in [2.75, 3.05) is 6.54 Å². The molecule has 1 aromatic heterocycles. The number of benzene rings is 1. The average Bonchev–Trinajstić information content (AvgIpc) is 3.04. The fourth-order valence-corrected chi connectivity index (χ4v) is 3.18. The average molecular weight is 299 g/mol. The minimum atomic E-state index is -0.830. The highest BCUT2D eigenvalue weighted by Crippen LogP contribution is 2.56. The predicted molar refractivity (Wildman–Crippen MR) is 83.8 cm³/mol. The number of aliphatic carboxylic acids is 1. The van der Waals surface area contributed by atoms with Gasteiger partial charge in [-0.3, -0.25) is 4.79 Å². The largest absolute Gasteiger partial charge is 0.481 e. The highest BCUT2D eigenvalue weighted by atomic mass is 16.4. The van der Waals surface area contributed by atoms with Crippen molar-refractivity contribution in [3.8, 4) is 5.69 Å². The molecule has 5 heteroatoms. The molecule has 116 valence electrons. The van der Waals surface area contributed by atoms with Gasteiger partial charge in [0.05, 0.1) is 12.0 Å². The van der Waals surface area contributed by atoms with Crippen molar-refractivity contribution >= 4 is 5.97 Å². The van der Waals surface area contributed by atoms with E-state index in [0.717, 1.165) is 12.1 Å². The van der Waals surface area contributed by atoms with E-state index < -0.39 is 11.4 Å². The van der Waals surface area contributed by atoms with Crippen LogP contribution >= 0.6 is 0 Å². The highest BCUT2D eigenvalue weighted by Gasteiger charge is 2.62. The summed E-state index contributed by atoms with van der Waals surface area (Å²) in [4.78, 5) is 16.2. The normalized spacial score (nSPS) is 24.9. The fraction of sp³-hybridized carbons (Fsp3) is 0.412. The van der Waals surface area contributed by atoms with Crippen LogP contribution in [0.2, 0.25) is 0 Å². The van der Waals surface area contributed by atoms with Crippen LogP contribution in [0.1, 0.15) is 25.5 Å². The first-order valence-corrected chi connectivity index (χ1v) is 7.61. The van der Waals surface area contributed by atoms with Gasteiger partial charge in [0.15, 0.2) is 0 Å². The van der Waals surface area contributed by atoms with E-state index in [0.29, 0.717) is 24.6 Å². The third-order valence-corrected chi connectivity index (χ3v) is 4.67. The van der Waals surface area contributed by atoms with Gasteiger partial charge in [-0.15, -0.1) is 0 Å². The summed E-state index contributed by atoms with van der Waals surface area (Å²) < 4.78 is 1.88. The lowest BCUT2D eigenvalue weighted by Crippen LogP contribution is -2.24. The molecule has 1 unspecified atom stereocenters. The zero-order chi connectivity index (χ0) is 15.7. The van der Waals surface area contributed by atoms with Gasteiger partial charge in [0.1, 0.15) is 5.41 Å². The molecule has 1 aliphatic carbocycles. The summed E-state index contributed by atoms with van der Waals surface area (Å²) in [6.07, 6.45) is 5.02. The molecule has 2 aromatic rings. The van der Waals surface area contributed by atoms with E-state index in [2.05, 4.69) is 11.9 Å². The van der Waals surface area contributed by atoms with Crippen LogP contribution in [0.25, 0.3) is 5.69 Å². The van der Waals surface area contributed by atoms with Crippen LogP contribution < -0.4 is 5.73 Å². The topological polar surface area (TPSA) is 81.1 Å². The van der Waals surface area contributed by atoms with Crippen LogP contribution in [-0.4, -0.2) is 27.2 Å². The molecule has 0 saturated heterocycles. The second-order valence-electron chi connectivity index (χ2n) is 6.26. The van der Waals surface area contributed by atoms with E-state index in [1.54, 1.807) is 6.33 Å². The monoisotopic (exact) mass is 299 g/mol. The maximum Gasteiger partial charge on any atom is 0.316 e. The van der Waals surface area contributed by atoms with Crippen molar-refractivity contribution in [1.29, 1.82) is 0 Å². The number of nitrogens with zero attached hydrogens (tertiary/aromatic N) is 2. The van der Waals surface area contributed by atoms with Crippen molar-refractivity contribution < 1.29 is 9.90 Å². The molecular weight excluding hydrogens is 278 g/mol. The molecule has 0 aliphatic heterocycles. The van der Waals surface area contributed by atoms with E-state index >= 15 is 0 Å². The number of rotatable bonds is 6. The molecule has 0 radical (unpaired) electrons. The summed E-state index contributed by atoms with van der Waals surface area (Å²) >= 11 is 0. The Balaban J connectivity index is 1.86. The van der Waals surface area contributed by atoms with Crippen LogP contribution in [0, 0.1) is 11.8 Å². The fourth-order valence-electron chi connectivity index (χ4n) is 3.18. The summed E-state index contributed by atoms with van der Waals surface area (Å²) in [5, 5.41) is 9.71. The number of nitrogens with two attached hydrogens (primary N) is 1. The molecule has 3 rings (SSSR count). The number of imidazole rings is 1. The summed E-state index contributed by atoms with van der Waals surface area (Å²) in [6.45, 7) is 2.65. The molecule has 1 aromatic carbocycles. The molecule has 3 atom stereocenters. The Hall–Kier alpha value is -2.14. The second-order valence-corrected chi connectivity index (χ2v) is 6.26. The summed E-state index contributed by atoms with van der Waals surface area (Å²) in [7, 11) is 0. The first-order chi connectivity index (χ1) is 10.6. The second kappa shape index (κ2) is 5.57. The molecule has 0 spiro atoms. The minimum Gasteiger partial charge on any atom is -0.481 e. The lowest BCUT2D eigenvalue weighted by atomic mass is 9.94. The van der Waals surface area contributed by atoms with Gasteiger partial charge in [-0.2, -0.15) is 0 Å². The number of hydrogen-bond acceptors (Lipinski definition) is 3. The Kier molecular flexibility index (Phi) is 3.74. The summed E-state index contributed by atoms with van der Waals surface area (Å²) in [6, 6.07) is 9.79. The molecule has 1 aliphatic rings. The maximum atomic E-state index is 11.8. The number of aromatic nitrogens is 2. The third-order valence-electron chi connectivity index (χ3n) is 4.67. The number of hydrogen-bond donors (Lipinski definition) is 2. The number of carboxylic acids is 1. The molecule has 1 fully saturated rings. The SMILES string of the molecule is CC(CN)C[C@@H]1C[C@@]1(C(=O)O)c1cn(-c2ccccc2)cn1. The van der Waals surface area contributed by atoms with E-state index in [1.807, 2.05) is 41.1 Å². The Labute approximate surface area is 129 Å². The predicted octanol–water partition coefficient (Wildman–Crippen LogP) is 2.20. The van der Waals surface area contributed by atoms with Gasteiger partial charge in [-0.25, -0.2) is 4.98 Å². The molecule has 5 nitrogen and oxygen atoms in total. The molecular formula is C17H21N3O2. The Bertz CT molecular complexity index is 668. The lowest BCUT2D eigenvalue weighted by Gasteiger charge is -2.12. The van der Waals surface area contributed by atoms with Gasteiger partial charge in [0.2, 0.25) is 0 Å². The zero-order valence-corrected chi connectivity index (χ0v) is 12.6. The van der Waals surface area contributed by atoms with Gasteiger partial charge in [-0.1, -0.05) is 25.1 Å². The summed E-state index contributed by atoms with van der Waals surface area (Å²) in [5.41, 5.74) is 6.47. The number of para-hydroxylation sites is 1. The maximum absolute atomic E-state index is 11.8. The van der Waals surface area contributed by atoms with Crippen molar-refractivity contribution in [3.63, 3.8) is 0 Å². The molecule has 0 bridgehead atoms. The first kappa shape index (κ1) is 14.8. The summed E-state index contributed by atoms with van der Waals surface area (Å²) in [5.74, 6) is -0.315. The van der Waals surface area contributed by atoms with Gasteiger partial charge in [0, 0.05) is 11.9 Å². The van der Waals surface area contributed by atoms with Crippen LogP contribution in [0.5, 0.6) is 0 Å². The number of carboxylic acid groups (broad SMARTS) is 1. The van der Waals surface area contributed by atoms with E-state index in [1.165, 1.54) is 0 Å². The van der Waals surface area contributed by atoms with Crippen LogP contribution in [0.3, 0.4) is 0 Å². The van der Waals surface area contributed by atoms with Crippen molar-refractivity contribution in [1.82, 2.24) is 9.55 Å². The quantitative estimate of drug-likeness (QED) is 0.857. The van der Waals surface area contributed by atoms with Crippen LogP contribution in [0.4, 0.5) is 0 Å². The highest BCUT2D eigenvalue weighted by molar-refractivity contribution is 5.85. The minimum absolute atomic E-state index is 0.127. The first-order valence-electron chi connectivity index (χ1n) is 7.61. The van der Waals surface area contributed by atoms with Gasteiger partial charge < -0.3 is 15.4 Å². The molecule has 1 heterocycles. The van der Waals surface area contributed by atoms with Crippen molar-refractivity contribution in [2.24, 2.45) is 17.6 Å². The molecule has 3 N–H and O–H groups in total. The number of carbonyl (C=O) groups is 1. The van der Waals surface area contributed by atoms with Gasteiger partial charge in [0.25, 0.3) is 0 Å². The van der Waals surface area contributed by atoms with Gasteiger partial charge >= 0.3 is 5.97 Å². The molecule has 1 saturated carbocycles. The standard InChI is InChI=1S/C17H21N3O2/c1-12(9-18)7-13-8-17(13,16(21)22)15-10-20(11-19-15)14-5-3-2-4-6-14/h2-6,10-13H,7-9,18H2,1H3,(H,21,22)/t12?,13-,17+/m1/s1. The zero-order valence-electron chi connectivity index (χ0n) is 12.6. The smallest absolute Gasteiger partial charge is 0.316 e. The van der Waals surface area contributed by atoms with Crippen LogP contribution in [0.15, 0.2) is 42.9 Å². The van der Waals surface area contributed by atoms with Gasteiger partial charge in [-0.05, 0) is 43.4 Å². The molecule has 22 heavy (non-hydrogen) atoms. The van der Waals surface area contributed by atoms with Crippen LogP contribution in [-0.2, 0) is 10.2 Å². The van der Waals surface area contributed by atoms with Crippen molar-refractivity contribution in [3.05, 3.63) is 48.5 Å². The Morgan fingerprint density at radius 3 is 2.86 bits per heavy atom. The Morgan fingerprint density at radius 1 is 1.50 bits per heavy atom. The Morgan fingerprint density at radius 2 is 2.23 bits per heavy atom. The van der Waals surface area contributed by atoms with E-state index in [-0.39, 0.29) is 5.92 Å². The third kappa shape index (κ3) is 2.41. The van der Waals surface area contributed by atoms with E-state index in [4.69, 9.17) is 5.73 Å². The van der Waals surface area contributed by atoms with E-state index in [9.17, 15) is 9.90 Å².